The summed E-state index contributed by atoms with van der Waals surface area (Å²) in [6.45, 7) is 1.84. The highest BCUT2D eigenvalue weighted by Crippen LogP contribution is 2.40. The van der Waals surface area contributed by atoms with Crippen LogP contribution in [-0.2, 0) is 14.9 Å². The van der Waals surface area contributed by atoms with E-state index in [0.29, 0.717) is 32.6 Å². The van der Waals surface area contributed by atoms with Crippen LogP contribution in [0.25, 0.3) is 0 Å². The molecule has 5 heteroatoms. The number of carbonyl (C=O) groups is 1. The van der Waals surface area contributed by atoms with Gasteiger partial charge in [0.05, 0.1) is 5.54 Å². The molecular formula is C18H27ClN2O2. The van der Waals surface area contributed by atoms with Gasteiger partial charge >= 0.3 is 0 Å². The summed E-state index contributed by atoms with van der Waals surface area (Å²) in [5, 5.41) is 3.15. The Labute approximate surface area is 144 Å². The highest BCUT2D eigenvalue weighted by molar-refractivity contribution is 5.86. The molecule has 1 saturated heterocycles. The van der Waals surface area contributed by atoms with E-state index in [4.69, 9.17) is 10.5 Å². The van der Waals surface area contributed by atoms with Gasteiger partial charge in [-0.3, -0.25) is 4.79 Å². The van der Waals surface area contributed by atoms with Gasteiger partial charge in [-0.1, -0.05) is 43.2 Å². The number of benzene rings is 1. The Hall–Kier alpha value is -1.10. The molecule has 0 radical (unpaired) electrons. The first-order chi connectivity index (χ1) is 10.6. The van der Waals surface area contributed by atoms with Gasteiger partial charge in [-0.2, -0.15) is 0 Å². The highest BCUT2D eigenvalue weighted by Gasteiger charge is 2.39. The zero-order valence-electron chi connectivity index (χ0n) is 13.6. The molecule has 4 nitrogen and oxygen atoms in total. The van der Waals surface area contributed by atoms with Crippen molar-refractivity contribution < 1.29 is 9.53 Å². The zero-order chi connectivity index (χ0) is 15.5. The second-order valence-electron chi connectivity index (χ2n) is 6.80. The smallest absolute Gasteiger partial charge is 0.240 e. The Balaban J connectivity index is 0.00000192. The number of carbonyl (C=O) groups excluding carboxylic acids is 1. The van der Waals surface area contributed by atoms with Crippen molar-refractivity contribution in [1.29, 1.82) is 0 Å². The number of nitrogens with two attached hydrogens (primary N) is 1. The summed E-state index contributed by atoms with van der Waals surface area (Å²) >= 11 is 0. The lowest BCUT2D eigenvalue weighted by atomic mass is 9.78. The molecule has 1 heterocycles. The van der Waals surface area contributed by atoms with Crippen LogP contribution in [0.2, 0.25) is 0 Å². The van der Waals surface area contributed by atoms with Crippen molar-refractivity contribution in [3.63, 3.8) is 0 Å². The molecule has 1 saturated carbocycles. The molecule has 1 aromatic carbocycles. The van der Waals surface area contributed by atoms with Crippen molar-refractivity contribution in [3.05, 3.63) is 35.9 Å². The minimum absolute atomic E-state index is 0. The van der Waals surface area contributed by atoms with E-state index in [9.17, 15) is 4.79 Å². The fourth-order valence-corrected chi connectivity index (χ4v) is 3.80. The average Bonchev–Trinajstić information content (AvgIpc) is 3.04. The Morgan fingerprint density at radius 1 is 1.09 bits per heavy atom. The molecule has 0 bridgehead atoms. The lowest BCUT2D eigenvalue weighted by molar-refractivity contribution is -0.130. The second-order valence-corrected chi connectivity index (χ2v) is 6.80. The molecule has 0 spiro atoms. The number of halogens is 1. The van der Waals surface area contributed by atoms with Gasteiger partial charge < -0.3 is 15.8 Å². The van der Waals surface area contributed by atoms with Crippen LogP contribution < -0.4 is 11.1 Å². The summed E-state index contributed by atoms with van der Waals surface area (Å²) in [4.78, 5) is 12.6. The molecular weight excluding hydrogens is 312 g/mol. The SMILES string of the molecule is Cl.NC1(C(=O)NCC2(c3ccccc3)CCCC2)CCOCC1. The average molecular weight is 339 g/mol. The predicted molar refractivity (Wildman–Crippen MR) is 93.8 cm³/mol. The summed E-state index contributed by atoms with van der Waals surface area (Å²) in [5.41, 5.74) is 6.94. The summed E-state index contributed by atoms with van der Waals surface area (Å²) in [7, 11) is 0. The largest absolute Gasteiger partial charge is 0.381 e. The van der Waals surface area contributed by atoms with E-state index in [1.54, 1.807) is 0 Å². The first kappa shape index (κ1) is 18.2. The molecule has 2 aliphatic rings. The summed E-state index contributed by atoms with van der Waals surface area (Å²) in [6, 6.07) is 10.6. The third-order valence-electron chi connectivity index (χ3n) is 5.37. The molecule has 1 amide bonds. The predicted octanol–water partition coefficient (Wildman–Crippen LogP) is 2.54. The number of hydrogen-bond acceptors (Lipinski definition) is 3. The first-order valence-corrected chi connectivity index (χ1v) is 8.35. The minimum Gasteiger partial charge on any atom is -0.381 e. The van der Waals surface area contributed by atoms with Gasteiger partial charge in [0.1, 0.15) is 0 Å². The topological polar surface area (TPSA) is 64.4 Å². The zero-order valence-corrected chi connectivity index (χ0v) is 14.4. The maximum Gasteiger partial charge on any atom is 0.240 e. The lowest BCUT2D eigenvalue weighted by Gasteiger charge is -2.35. The molecule has 0 unspecified atom stereocenters. The van der Waals surface area contributed by atoms with Crippen LogP contribution in [0.1, 0.15) is 44.1 Å². The highest BCUT2D eigenvalue weighted by atomic mass is 35.5. The summed E-state index contributed by atoms with van der Waals surface area (Å²) < 4.78 is 5.32. The van der Waals surface area contributed by atoms with Gasteiger partial charge in [0.25, 0.3) is 0 Å². The van der Waals surface area contributed by atoms with Gasteiger partial charge in [0, 0.05) is 25.2 Å². The molecule has 1 aliphatic carbocycles. The van der Waals surface area contributed by atoms with Gasteiger partial charge in [-0.25, -0.2) is 0 Å². The second kappa shape index (κ2) is 7.65. The number of hydrogen-bond donors (Lipinski definition) is 2. The number of ether oxygens (including phenoxy) is 1. The van der Waals surface area contributed by atoms with E-state index >= 15 is 0 Å². The molecule has 0 atom stereocenters. The molecule has 1 aliphatic heterocycles. The van der Waals surface area contributed by atoms with Crippen molar-refractivity contribution in [2.45, 2.75) is 49.5 Å². The quantitative estimate of drug-likeness (QED) is 0.886. The van der Waals surface area contributed by atoms with E-state index < -0.39 is 5.54 Å². The standard InChI is InChI=1S/C18H26N2O2.ClH/c19-18(10-12-22-13-11-18)16(21)20-14-17(8-4-5-9-17)15-6-2-1-3-7-15;/h1-3,6-7H,4-5,8-14,19H2,(H,20,21);1H. The molecule has 3 N–H and O–H groups in total. The third kappa shape index (κ3) is 3.87. The number of amides is 1. The third-order valence-corrected chi connectivity index (χ3v) is 5.37. The van der Waals surface area contributed by atoms with Crippen LogP contribution in [0.4, 0.5) is 0 Å². The number of rotatable bonds is 4. The van der Waals surface area contributed by atoms with Crippen molar-refractivity contribution in [2.24, 2.45) is 5.73 Å². The van der Waals surface area contributed by atoms with Crippen LogP contribution in [0.15, 0.2) is 30.3 Å². The maximum absolute atomic E-state index is 12.6. The maximum atomic E-state index is 12.6. The van der Waals surface area contributed by atoms with E-state index in [1.807, 2.05) is 6.07 Å². The normalized spacial score (nSPS) is 22.1. The Bertz CT molecular complexity index is 509. The minimum atomic E-state index is -0.755. The molecule has 23 heavy (non-hydrogen) atoms. The van der Waals surface area contributed by atoms with Crippen LogP contribution in [0, 0.1) is 0 Å². The fraction of sp³-hybridized carbons (Fsp3) is 0.611. The Kier molecular flexibility index (Phi) is 6.06. The number of nitrogens with one attached hydrogen (secondary N) is 1. The van der Waals surface area contributed by atoms with Gasteiger partial charge in [-0.15, -0.1) is 12.4 Å². The summed E-state index contributed by atoms with van der Waals surface area (Å²) in [6.07, 6.45) is 5.95. The van der Waals surface area contributed by atoms with Crippen LogP contribution in [-0.4, -0.2) is 31.2 Å². The molecule has 0 aromatic heterocycles. The van der Waals surface area contributed by atoms with Crippen molar-refractivity contribution in [2.75, 3.05) is 19.8 Å². The Morgan fingerprint density at radius 3 is 2.30 bits per heavy atom. The van der Waals surface area contributed by atoms with E-state index in [1.165, 1.54) is 18.4 Å². The van der Waals surface area contributed by atoms with Gasteiger partial charge in [0.15, 0.2) is 0 Å². The van der Waals surface area contributed by atoms with Crippen molar-refractivity contribution >= 4 is 18.3 Å². The van der Waals surface area contributed by atoms with E-state index in [0.717, 1.165) is 12.8 Å². The lowest BCUT2D eigenvalue weighted by Crippen LogP contribution is -2.58. The van der Waals surface area contributed by atoms with Crippen LogP contribution in [0.3, 0.4) is 0 Å². The fourth-order valence-electron chi connectivity index (χ4n) is 3.80. The van der Waals surface area contributed by atoms with E-state index in [2.05, 4.69) is 29.6 Å². The Morgan fingerprint density at radius 2 is 1.70 bits per heavy atom. The molecule has 2 fully saturated rings. The van der Waals surface area contributed by atoms with Crippen molar-refractivity contribution in [1.82, 2.24) is 5.32 Å². The molecule has 3 rings (SSSR count). The monoisotopic (exact) mass is 338 g/mol. The van der Waals surface area contributed by atoms with Crippen LogP contribution in [0.5, 0.6) is 0 Å². The van der Waals surface area contributed by atoms with E-state index in [-0.39, 0.29) is 23.7 Å². The van der Waals surface area contributed by atoms with Crippen LogP contribution >= 0.6 is 12.4 Å². The van der Waals surface area contributed by atoms with Gasteiger partial charge in [-0.05, 0) is 31.2 Å². The molecule has 1 aromatic rings. The van der Waals surface area contributed by atoms with Crippen molar-refractivity contribution in [3.8, 4) is 0 Å². The first-order valence-electron chi connectivity index (χ1n) is 8.35. The van der Waals surface area contributed by atoms with Gasteiger partial charge in [0.2, 0.25) is 5.91 Å². The summed E-state index contributed by atoms with van der Waals surface area (Å²) in [5.74, 6) is -0.0157. The molecule has 128 valence electrons.